The van der Waals surface area contributed by atoms with Crippen molar-refractivity contribution < 1.29 is 19.4 Å². The number of nitrogens with one attached hydrogen (secondary N) is 1. The van der Waals surface area contributed by atoms with Crippen LogP contribution in [0.4, 0.5) is 0 Å². The van der Waals surface area contributed by atoms with Gasteiger partial charge in [-0.25, -0.2) is 0 Å². The van der Waals surface area contributed by atoms with E-state index in [1.807, 2.05) is 47.0 Å². The molecular weight excluding hydrogens is 404 g/mol. The molecule has 0 amide bonds. The highest BCUT2D eigenvalue weighted by molar-refractivity contribution is 5.98. The molecule has 0 saturated heterocycles. The molecule has 1 aromatic heterocycles. The van der Waals surface area contributed by atoms with Crippen LogP contribution >= 0.6 is 0 Å². The van der Waals surface area contributed by atoms with Crippen molar-refractivity contribution in [3.05, 3.63) is 59.3 Å². The number of rotatable bonds is 8. The molecule has 0 radical (unpaired) electrons. The van der Waals surface area contributed by atoms with Crippen LogP contribution in [0.25, 0.3) is 10.9 Å². The lowest BCUT2D eigenvalue weighted by atomic mass is 10.1. The summed E-state index contributed by atoms with van der Waals surface area (Å²) < 4.78 is 12.5. The Morgan fingerprint density at radius 2 is 1.66 bits per heavy atom. The molecule has 1 fully saturated rings. The van der Waals surface area contributed by atoms with Gasteiger partial charge in [0.25, 0.3) is 0 Å². The van der Waals surface area contributed by atoms with Gasteiger partial charge in [0.2, 0.25) is 0 Å². The van der Waals surface area contributed by atoms with Gasteiger partial charge in [0, 0.05) is 36.1 Å². The van der Waals surface area contributed by atoms with Crippen LogP contribution in [0.5, 0.6) is 11.5 Å². The Morgan fingerprint density at radius 3 is 2.28 bits per heavy atom. The number of hydrogen-bond donors (Lipinski definition) is 1. The first-order valence-corrected chi connectivity index (χ1v) is 11.4. The topological polar surface area (TPSA) is 75.5 Å². The summed E-state index contributed by atoms with van der Waals surface area (Å²) in [5.41, 5.74) is 2.82. The quantitative estimate of drug-likeness (QED) is 0.544. The summed E-state index contributed by atoms with van der Waals surface area (Å²) in [7, 11) is 3.24. The largest absolute Gasteiger partial charge is 0.543 e. The summed E-state index contributed by atoms with van der Waals surface area (Å²) in [5, 5.41) is 16.9. The van der Waals surface area contributed by atoms with E-state index < -0.39 is 5.97 Å². The molecular formula is C26H31N2O4-. The lowest BCUT2D eigenvalue weighted by Crippen LogP contribution is -2.31. The van der Waals surface area contributed by atoms with Crippen molar-refractivity contribution in [3.63, 3.8) is 0 Å². The second-order valence-electron chi connectivity index (χ2n) is 8.50. The van der Waals surface area contributed by atoms with E-state index >= 15 is 0 Å². The molecule has 1 N–H and O–H groups in total. The number of carboxylic acid groups (broad SMARTS) is 1. The number of carbonyl (C=O) groups excluding carboxylic acids is 1. The van der Waals surface area contributed by atoms with Gasteiger partial charge in [0.1, 0.15) is 11.5 Å². The van der Waals surface area contributed by atoms with Gasteiger partial charge in [-0.1, -0.05) is 37.8 Å². The predicted molar refractivity (Wildman–Crippen MR) is 123 cm³/mol. The number of aromatic nitrogens is 1. The van der Waals surface area contributed by atoms with Gasteiger partial charge in [-0.05, 0) is 42.7 Å². The molecule has 32 heavy (non-hydrogen) atoms. The van der Waals surface area contributed by atoms with E-state index in [1.165, 1.54) is 25.7 Å². The average molecular weight is 436 g/mol. The zero-order chi connectivity index (χ0) is 22.5. The van der Waals surface area contributed by atoms with Crippen molar-refractivity contribution in [2.24, 2.45) is 0 Å². The number of fused-ring (bicyclic) bond motifs is 1. The maximum Gasteiger partial charge on any atom is 0.120 e. The molecule has 0 bridgehead atoms. The first kappa shape index (κ1) is 22.2. The Balaban J connectivity index is 1.74. The van der Waals surface area contributed by atoms with Gasteiger partial charge in [-0.15, -0.1) is 0 Å². The first-order valence-electron chi connectivity index (χ1n) is 11.4. The minimum atomic E-state index is -1.16. The predicted octanol–water partition coefficient (Wildman–Crippen LogP) is 3.88. The van der Waals surface area contributed by atoms with E-state index in [9.17, 15) is 9.90 Å². The lowest BCUT2D eigenvalue weighted by molar-refractivity contribution is -0.255. The summed E-state index contributed by atoms with van der Waals surface area (Å²) >= 11 is 0. The Kier molecular flexibility index (Phi) is 7.00. The maximum absolute atomic E-state index is 12.4. The van der Waals surface area contributed by atoms with E-state index in [1.54, 1.807) is 14.2 Å². The van der Waals surface area contributed by atoms with Crippen LogP contribution in [-0.2, 0) is 13.1 Å². The number of aromatic carboxylic acids is 1. The zero-order valence-corrected chi connectivity index (χ0v) is 18.9. The number of hydrogen-bond acceptors (Lipinski definition) is 5. The van der Waals surface area contributed by atoms with Crippen LogP contribution in [0.3, 0.4) is 0 Å². The minimum absolute atomic E-state index is 0.227. The van der Waals surface area contributed by atoms with E-state index in [-0.39, 0.29) is 5.69 Å². The number of ether oxygens (including phenoxy) is 2. The fourth-order valence-corrected chi connectivity index (χ4v) is 4.75. The van der Waals surface area contributed by atoms with Gasteiger partial charge in [-0.3, -0.25) is 0 Å². The molecule has 6 heteroatoms. The molecule has 0 spiro atoms. The molecule has 1 saturated carbocycles. The first-order chi connectivity index (χ1) is 15.6. The molecule has 4 rings (SSSR count). The molecule has 170 valence electrons. The van der Waals surface area contributed by atoms with E-state index in [0.29, 0.717) is 24.9 Å². The summed E-state index contributed by atoms with van der Waals surface area (Å²) in [4.78, 5) is 12.4. The fraction of sp³-hybridized carbons (Fsp3) is 0.423. The van der Waals surface area contributed by atoms with Crippen LogP contribution in [0, 0.1) is 0 Å². The number of benzene rings is 2. The van der Waals surface area contributed by atoms with E-state index in [0.717, 1.165) is 40.6 Å². The third kappa shape index (κ3) is 4.75. The number of carboxylic acids is 1. The van der Waals surface area contributed by atoms with Crippen LogP contribution in [0.15, 0.2) is 42.5 Å². The molecule has 0 aliphatic heterocycles. The van der Waals surface area contributed by atoms with Crippen LogP contribution in [0.2, 0.25) is 0 Å². The molecule has 1 aliphatic rings. The number of nitrogens with zero attached hydrogens (tertiary/aromatic N) is 1. The van der Waals surface area contributed by atoms with Crippen LogP contribution < -0.4 is 19.9 Å². The lowest BCUT2D eigenvalue weighted by Gasteiger charge is -2.18. The fourth-order valence-electron chi connectivity index (χ4n) is 4.75. The number of carbonyl (C=O) groups is 1. The van der Waals surface area contributed by atoms with Crippen molar-refractivity contribution in [2.75, 3.05) is 14.2 Å². The van der Waals surface area contributed by atoms with Crippen molar-refractivity contribution in [1.82, 2.24) is 9.88 Å². The molecule has 6 nitrogen and oxygen atoms in total. The molecule has 3 aromatic rings. The van der Waals surface area contributed by atoms with Gasteiger partial charge >= 0.3 is 0 Å². The standard InChI is InChI=1S/C26H32N2O4/c1-31-20-11-9-18(10-12-20)17-28-24-15-21(32-2)13-14-22(24)23(25(28)26(29)30)16-27-19-7-5-3-4-6-8-19/h9-15,19,27H,3-8,16-17H2,1-2H3,(H,29,30)/p-1. The highest BCUT2D eigenvalue weighted by Crippen LogP contribution is 2.31. The SMILES string of the molecule is COc1ccc(Cn2c(C(=O)[O-])c(CNC3CCCCCC3)c3ccc(OC)cc32)cc1. The maximum atomic E-state index is 12.4. The van der Waals surface area contributed by atoms with Crippen molar-refractivity contribution in [3.8, 4) is 11.5 Å². The molecule has 0 unspecified atom stereocenters. The highest BCUT2D eigenvalue weighted by Gasteiger charge is 2.20. The van der Waals surface area contributed by atoms with Crippen LogP contribution in [0.1, 0.15) is 60.1 Å². The van der Waals surface area contributed by atoms with Crippen molar-refractivity contribution in [1.29, 1.82) is 0 Å². The van der Waals surface area contributed by atoms with Gasteiger partial charge in [0.15, 0.2) is 0 Å². The smallest absolute Gasteiger partial charge is 0.120 e. The second-order valence-corrected chi connectivity index (χ2v) is 8.50. The normalized spacial score (nSPS) is 14.9. The Bertz CT molecular complexity index is 1060. The van der Waals surface area contributed by atoms with E-state index in [2.05, 4.69) is 5.32 Å². The van der Waals surface area contributed by atoms with Crippen LogP contribution in [-0.4, -0.2) is 30.8 Å². The third-order valence-corrected chi connectivity index (χ3v) is 6.49. The van der Waals surface area contributed by atoms with E-state index in [4.69, 9.17) is 9.47 Å². The summed E-state index contributed by atoms with van der Waals surface area (Å²) in [6, 6.07) is 13.8. The third-order valence-electron chi connectivity index (χ3n) is 6.49. The molecule has 0 atom stereocenters. The van der Waals surface area contributed by atoms with Gasteiger partial charge in [-0.2, -0.15) is 0 Å². The van der Waals surface area contributed by atoms with Gasteiger partial charge < -0.3 is 29.3 Å². The average Bonchev–Trinajstić information content (AvgIpc) is 2.95. The monoisotopic (exact) mass is 435 g/mol. The molecule has 1 aliphatic carbocycles. The summed E-state index contributed by atoms with van der Waals surface area (Å²) in [5.74, 6) is 0.298. The summed E-state index contributed by atoms with van der Waals surface area (Å²) in [6.45, 7) is 0.923. The Hall–Kier alpha value is -2.99. The van der Waals surface area contributed by atoms with Crippen molar-refractivity contribution >= 4 is 16.9 Å². The van der Waals surface area contributed by atoms with Crippen molar-refractivity contribution in [2.45, 2.75) is 57.7 Å². The zero-order valence-electron chi connectivity index (χ0n) is 18.9. The minimum Gasteiger partial charge on any atom is -0.543 e. The second kappa shape index (κ2) is 10.1. The number of methoxy groups -OCH3 is 2. The highest BCUT2D eigenvalue weighted by atomic mass is 16.5. The summed E-state index contributed by atoms with van der Waals surface area (Å²) in [6.07, 6.45) is 7.29. The Labute approximate surface area is 189 Å². The van der Waals surface area contributed by atoms with Gasteiger partial charge in [0.05, 0.1) is 31.4 Å². The Morgan fingerprint density at radius 1 is 1.00 bits per heavy atom. The molecule has 1 heterocycles. The molecule has 2 aromatic carbocycles.